The zero-order chi connectivity index (χ0) is 12.2. The Balaban J connectivity index is 2.30. The van der Waals surface area contributed by atoms with Crippen molar-refractivity contribution >= 4 is 0 Å². The van der Waals surface area contributed by atoms with Crippen LogP contribution in [0.4, 0.5) is 0 Å². The fourth-order valence-electron chi connectivity index (χ4n) is 2.66. The summed E-state index contributed by atoms with van der Waals surface area (Å²) in [5.41, 5.74) is 4.84. The average molecular weight is 228 g/mol. The quantitative estimate of drug-likeness (QED) is 0.753. The van der Waals surface area contributed by atoms with Crippen molar-refractivity contribution in [3.8, 4) is 0 Å². The van der Waals surface area contributed by atoms with Gasteiger partial charge in [0.1, 0.15) is 0 Å². The van der Waals surface area contributed by atoms with Gasteiger partial charge in [0, 0.05) is 18.6 Å². The van der Waals surface area contributed by atoms with E-state index in [2.05, 4.69) is 18.7 Å². The summed E-state index contributed by atoms with van der Waals surface area (Å²) in [6.45, 7) is 7.92. The second-order valence-corrected chi connectivity index (χ2v) is 5.67. The Kier molecular flexibility index (Phi) is 5.22. The van der Waals surface area contributed by atoms with Crippen molar-refractivity contribution < 1.29 is 5.11 Å². The molecule has 0 saturated carbocycles. The van der Waals surface area contributed by atoms with Crippen LogP contribution in [-0.2, 0) is 0 Å². The summed E-state index contributed by atoms with van der Waals surface area (Å²) in [6, 6.07) is 1.40. The third-order valence-electron chi connectivity index (χ3n) is 3.95. The van der Waals surface area contributed by atoms with Gasteiger partial charge in [-0.15, -0.1) is 0 Å². The van der Waals surface area contributed by atoms with Gasteiger partial charge in [0.15, 0.2) is 0 Å². The standard InChI is InChI=1S/C13H28N2O/c1-11-6-4-7-12(2)15(11)9-5-8-13(3,16)10-14/h11-12,16H,4-10,14H2,1-3H3/t11-,12+,13?. The van der Waals surface area contributed by atoms with Crippen molar-refractivity contribution in [1.29, 1.82) is 0 Å². The van der Waals surface area contributed by atoms with E-state index in [0.717, 1.165) is 19.4 Å². The minimum absolute atomic E-state index is 0.359. The first-order chi connectivity index (χ1) is 7.46. The van der Waals surface area contributed by atoms with Gasteiger partial charge in [0.2, 0.25) is 0 Å². The lowest BCUT2D eigenvalue weighted by atomic mass is 9.95. The van der Waals surface area contributed by atoms with E-state index in [1.54, 1.807) is 0 Å². The maximum absolute atomic E-state index is 9.84. The van der Waals surface area contributed by atoms with Crippen LogP contribution in [-0.4, -0.2) is 40.8 Å². The van der Waals surface area contributed by atoms with Crippen LogP contribution in [0.15, 0.2) is 0 Å². The fraction of sp³-hybridized carbons (Fsp3) is 1.00. The monoisotopic (exact) mass is 228 g/mol. The Morgan fingerprint density at radius 1 is 1.31 bits per heavy atom. The average Bonchev–Trinajstić information content (AvgIpc) is 2.22. The SMILES string of the molecule is C[C@@H]1CCC[C@H](C)N1CCCC(C)(O)CN. The lowest BCUT2D eigenvalue weighted by Gasteiger charge is -2.39. The van der Waals surface area contributed by atoms with Crippen LogP contribution in [0, 0.1) is 0 Å². The summed E-state index contributed by atoms with van der Waals surface area (Å²) in [6.07, 6.45) is 5.84. The number of aliphatic hydroxyl groups is 1. The van der Waals surface area contributed by atoms with Gasteiger partial charge in [-0.05, 0) is 53.0 Å². The van der Waals surface area contributed by atoms with Crippen molar-refractivity contribution in [2.24, 2.45) is 5.73 Å². The summed E-state index contributed by atoms with van der Waals surface area (Å²) in [7, 11) is 0. The van der Waals surface area contributed by atoms with Gasteiger partial charge in [-0.1, -0.05) is 6.42 Å². The molecule has 3 atom stereocenters. The minimum Gasteiger partial charge on any atom is -0.389 e. The number of likely N-dealkylation sites (tertiary alicyclic amines) is 1. The van der Waals surface area contributed by atoms with Crippen molar-refractivity contribution in [2.75, 3.05) is 13.1 Å². The second kappa shape index (κ2) is 5.99. The highest BCUT2D eigenvalue weighted by Gasteiger charge is 2.25. The topological polar surface area (TPSA) is 49.5 Å². The van der Waals surface area contributed by atoms with E-state index in [1.165, 1.54) is 19.3 Å². The van der Waals surface area contributed by atoms with Crippen molar-refractivity contribution in [2.45, 2.75) is 70.6 Å². The molecule has 0 bridgehead atoms. The molecule has 0 amide bonds. The first kappa shape index (κ1) is 13.9. The van der Waals surface area contributed by atoms with Crippen LogP contribution in [0.3, 0.4) is 0 Å². The number of rotatable bonds is 5. The molecule has 0 aliphatic carbocycles. The van der Waals surface area contributed by atoms with E-state index in [-0.39, 0.29) is 0 Å². The molecule has 16 heavy (non-hydrogen) atoms. The van der Waals surface area contributed by atoms with Gasteiger partial charge < -0.3 is 10.8 Å². The highest BCUT2D eigenvalue weighted by molar-refractivity contribution is 4.81. The van der Waals surface area contributed by atoms with Gasteiger partial charge in [-0.2, -0.15) is 0 Å². The van der Waals surface area contributed by atoms with Crippen molar-refractivity contribution in [1.82, 2.24) is 4.90 Å². The summed E-state index contributed by atoms with van der Waals surface area (Å²) >= 11 is 0. The maximum Gasteiger partial charge on any atom is 0.0741 e. The smallest absolute Gasteiger partial charge is 0.0741 e. The molecule has 0 aromatic heterocycles. The first-order valence-corrected chi connectivity index (χ1v) is 6.64. The fourth-order valence-corrected chi connectivity index (χ4v) is 2.66. The molecule has 1 aliphatic heterocycles. The van der Waals surface area contributed by atoms with Crippen LogP contribution in [0.25, 0.3) is 0 Å². The molecule has 0 radical (unpaired) electrons. The first-order valence-electron chi connectivity index (χ1n) is 6.64. The largest absolute Gasteiger partial charge is 0.389 e. The van der Waals surface area contributed by atoms with Crippen LogP contribution in [0.2, 0.25) is 0 Å². The molecule has 96 valence electrons. The van der Waals surface area contributed by atoms with E-state index in [9.17, 15) is 5.11 Å². The van der Waals surface area contributed by atoms with E-state index >= 15 is 0 Å². The van der Waals surface area contributed by atoms with Crippen LogP contribution in [0.1, 0.15) is 52.9 Å². The van der Waals surface area contributed by atoms with Crippen LogP contribution < -0.4 is 5.73 Å². The summed E-state index contributed by atoms with van der Waals surface area (Å²) in [4.78, 5) is 2.58. The molecule has 1 fully saturated rings. The van der Waals surface area contributed by atoms with Gasteiger partial charge >= 0.3 is 0 Å². The highest BCUT2D eigenvalue weighted by atomic mass is 16.3. The van der Waals surface area contributed by atoms with Crippen LogP contribution in [0.5, 0.6) is 0 Å². The van der Waals surface area contributed by atoms with Crippen molar-refractivity contribution in [3.63, 3.8) is 0 Å². The van der Waals surface area contributed by atoms with Crippen molar-refractivity contribution in [3.05, 3.63) is 0 Å². The number of nitrogens with zero attached hydrogens (tertiary/aromatic N) is 1. The summed E-state index contributed by atoms with van der Waals surface area (Å²) < 4.78 is 0. The van der Waals surface area contributed by atoms with Crippen LogP contribution >= 0.6 is 0 Å². The van der Waals surface area contributed by atoms with E-state index in [1.807, 2.05) is 6.92 Å². The molecular formula is C13H28N2O. The molecule has 0 spiro atoms. The molecular weight excluding hydrogens is 200 g/mol. The zero-order valence-electron chi connectivity index (χ0n) is 11.1. The Morgan fingerprint density at radius 2 is 1.88 bits per heavy atom. The molecule has 1 unspecified atom stereocenters. The lowest BCUT2D eigenvalue weighted by molar-refractivity contribution is 0.0444. The number of hydrogen-bond acceptors (Lipinski definition) is 3. The molecule has 1 aliphatic rings. The van der Waals surface area contributed by atoms with E-state index in [4.69, 9.17) is 5.73 Å². The predicted molar refractivity (Wildman–Crippen MR) is 68.4 cm³/mol. The zero-order valence-corrected chi connectivity index (χ0v) is 11.1. The number of piperidine rings is 1. The Hall–Kier alpha value is -0.120. The van der Waals surface area contributed by atoms with Gasteiger partial charge in [0.25, 0.3) is 0 Å². The third kappa shape index (κ3) is 4.04. The molecule has 1 rings (SSSR count). The van der Waals surface area contributed by atoms with Gasteiger partial charge in [0.05, 0.1) is 5.60 Å². The Labute approximate surface area is 100 Å². The van der Waals surface area contributed by atoms with Gasteiger partial charge in [-0.3, -0.25) is 4.90 Å². The highest BCUT2D eigenvalue weighted by Crippen LogP contribution is 2.23. The molecule has 3 heteroatoms. The molecule has 0 aromatic rings. The molecule has 3 nitrogen and oxygen atoms in total. The predicted octanol–water partition coefficient (Wildman–Crippen LogP) is 1.74. The second-order valence-electron chi connectivity index (χ2n) is 5.67. The molecule has 0 aromatic carbocycles. The van der Waals surface area contributed by atoms with Gasteiger partial charge in [-0.25, -0.2) is 0 Å². The molecule has 3 N–H and O–H groups in total. The Bertz CT molecular complexity index is 196. The molecule has 1 heterocycles. The van der Waals surface area contributed by atoms with E-state index < -0.39 is 5.60 Å². The number of hydrogen-bond donors (Lipinski definition) is 2. The summed E-state index contributed by atoms with van der Waals surface area (Å²) in [5, 5.41) is 9.84. The van der Waals surface area contributed by atoms with E-state index in [0.29, 0.717) is 18.6 Å². The summed E-state index contributed by atoms with van der Waals surface area (Å²) in [5.74, 6) is 0. The Morgan fingerprint density at radius 3 is 2.38 bits per heavy atom. The maximum atomic E-state index is 9.84. The number of nitrogens with two attached hydrogens (primary N) is 1. The molecule has 1 saturated heterocycles. The normalized spacial score (nSPS) is 31.3. The minimum atomic E-state index is -0.678. The lowest BCUT2D eigenvalue weighted by Crippen LogP contribution is -2.44. The third-order valence-corrected chi connectivity index (χ3v) is 3.95.